The predicted octanol–water partition coefficient (Wildman–Crippen LogP) is 3.39. The van der Waals surface area contributed by atoms with Gasteiger partial charge in [0.15, 0.2) is 5.11 Å². The molecule has 0 saturated heterocycles. The second-order valence-electron chi connectivity index (χ2n) is 4.08. The van der Waals surface area contributed by atoms with Crippen LogP contribution in [0, 0.1) is 0 Å². The fourth-order valence-electron chi connectivity index (χ4n) is 1.95. The van der Waals surface area contributed by atoms with Crippen molar-refractivity contribution in [2.24, 2.45) is 5.10 Å². The van der Waals surface area contributed by atoms with E-state index in [1.54, 1.807) is 0 Å². The molecule has 1 aliphatic heterocycles. The number of nitrogens with one attached hydrogen (secondary N) is 2. The highest BCUT2D eigenvalue weighted by molar-refractivity contribution is 7.80. The molecule has 1 heterocycles. The molecular formula is C14H10ClN3S. The Morgan fingerprint density at radius 3 is 2.63 bits per heavy atom. The summed E-state index contributed by atoms with van der Waals surface area (Å²) in [6.45, 7) is 0. The molecule has 0 unspecified atom stereocenters. The number of halogens is 1. The van der Waals surface area contributed by atoms with Gasteiger partial charge in [0.25, 0.3) is 0 Å². The number of benzene rings is 2. The molecule has 3 nitrogen and oxygen atoms in total. The molecule has 2 N–H and O–H groups in total. The summed E-state index contributed by atoms with van der Waals surface area (Å²) in [4.78, 5) is 0. The van der Waals surface area contributed by atoms with Crippen molar-refractivity contribution in [1.29, 1.82) is 0 Å². The Labute approximate surface area is 121 Å². The lowest BCUT2D eigenvalue weighted by Gasteiger charge is -2.09. The highest BCUT2D eigenvalue weighted by Crippen LogP contribution is 2.25. The summed E-state index contributed by atoms with van der Waals surface area (Å²) < 4.78 is 0. The van der Waals surface area contributed by atoms with E-state index < -0.39 is 0 Å². The Bertz CT molecular complexity index is 668. The van der Waals surface area contributed by atoms with E-state index in [-0.39, 0.29) is 0 Å². The number of nitrogens with zero attached hydrogens (tertiary/aromatic N) is 1. The van der Waals surface area contributed by atoms with E-state index >= 15 is 0 Å². The Morgan fingerprint density at radius 2 is 1.84 bits per heavy atom. The molecule has 5 heteroatoms. The number of fused-ring (bicyclic) bond motifs is 1. The van der Waals surface area contributed by atoms with E-state index in [9.17, 15) is 0 Å². The van der Waals surface area contributed by atoms with Gasteiger partial charge in [-0.25, -0.2) is 0 Å². The standard InChI is InChI=1S/C14H10ClN3S/c15-10-6-7-12-11(8-10)13(17-18-14(19)16-12)9-4-2-1-3-5-9/h1-8H,(H2,16,18,19). The minimum Gasteiger partial charge on any atom is -0.331 e. The van der Waals surface area contributed by atoms with Crippen molar-refractivity contribution < 1.29 is 0 Å². The fraction of sp³-hybridized carbons (Fsp3) is 0. The molecule has 0 fully saturated rings. The molecule has 0 radical (unpaired) electrons. The first-order chi connectivity index (χ1) is 9.24. The Balaban J connectivity index is 2.20. The van der Waals surface area contributed by atoms with Gasteiger partial charge >= 0.3 is 0 Å². The highest BCUT2D eigenvalue weighted by atomic mass is 35.5. The molecule has 3 rings (SSSR count). The van der Waals surface area contributed by atoms with Gasteiger partial charge in [-0.2, -0.15) is 5.10 Å². The second-order valence-corrected chi connectivity index (χ2v) is 4.93. The van der Waals surface area contributed by atoms with Gasteiger partial charge in [-0.1, -0.05) is 41.9 Å². The molecule has 0 aliphatic carbocycles. The molecule has 94 valence electrons. The van der Waals surface area contributed by atoms with E-state index in [2.05, 4.69) is 15.8 Å². The second kappa shape index (κ2) is 4.99. The largest absolute Gasteiger partial charge is 0.331 e. The topological polar surface area (TPSA) is 36.4 Å². The third kappa shape index (κ3) is 2.45. The highest BCUT2D eigenvalue weighted by Gasteiger charge is 2.16. The van der Waals surface area contributed by atoms with Crippen molar-refractivity contribution in [3.05, 3.63) is 64.7 Å². The van der Waals surface area contributed by atoms with Crippen LogP contribution in [0.3, 0.4) is 0 Å². The number of thiocarbonyl (C=S) groups is 1. The summed E-state index contributed by atoms with van der Waals surface area (Å²) in [5.74, 6) is 0. The number of hydrazone groups is 1. The quantitative estimate of drug-likeness (QED) is 0.789. The van der Waals surface area contributed by atoms with E-state index in [4.69, 9.17) is 23.8 Å². The van der Waals surface area contributed by atoms with Crippen LogP contribution in [-0.2, 0) is 0 Å². The first-order valence-corrected chi connectivity index (χ1v) is 6.53. The Hall–Kier alpha value is -1.91. The number of anilines is 1. The third-order valence-corrected chi connectivity index (χ3v) is 3.23. The van der Waals surface area contributed by atoms with Crippen LogP contribution in [0.15, 0.2) is 53.6 Å². The van der Waals surface area contributed by atoms with Gasteiger partial charge in [-0.15, -0.1) is 0 Å². The molecule has 0 aromatic heterocycles. The zero-order valence-electron chi connectivity index (χ0n) is 9.85. The van der Waals surface area contributed by atoms with Crippen molar-refractivity contribution in [2.75, 3.05) is 5.32 Å². The maximum atomic E-state index is 6.08. The molecule has 0 spiro atoms. The van der Waals surface area contributed by atoms with E-state index in [0.717, 1.165) is 22.5 Å². The fourth-order valence-corrected chi connectivity index (χ4v) is 2.28. The van der Waals surface area contributed by atoms with Gasteiger partial charge in [0.2, 0.25) is 0 Å². The minimum absolute atomic E-state index is 0.467. The minimum atomic E-state index is 0.467. The SMILES string of the molecule is S=C1NN=C(c2ccccc2)c2cc(Cl)ccc2N1. The van der Waals surface area contributed by atoms with Crippen LogP contribution in [0.25, 0.3) is 0 Å². The average Bonchev–Trinajstić information content (AvgIpc) is 2.58. The van der Waals surface area contributed by atoms with Gasteiger partial charge in [-0.3, -0.25) is 5.43 Å². The van der Waals surface area contributed by atoms with E-state index in [1.165, 1.54) is 0 Å². The number of rotatable bonds is 1. The first kappa shape index (κ1) is 12.1. The molecule has 2 aromatic rings. The molecular weight excluding hydrogens is 278 g/mol. The normalized spacial score (nSPS) is 13.7. The molecule has 0 bridgehead atoms. The van der Waals surface area contributed by atoms with Crippen LogP contribution in [-0.4, -0.2) is 10.8 Å². The third-order valence-electron chi connectivity index (χ3n) is 2.80. The van der Waals surface area contributed by atoms with Crippen LogP contribution in [0.4, 0.5) is 5.69 Å². The van der Waals surface area contributed by atoms with Gasteiger partial charge in [0.1, 0.15) is 0 Å². The van der Waals surface area contributed by atoms with Crippen molar-refractivity contribution in [1.82, 2.24) is 5.43 Å². The van der Waals surface area contributed by atoms with Gasteiger partial charge in [0.05, 0.1) is 5.71 Å². The summed E-state index contributed by atoms with van der Waals surface area (Å²) in [5, 5.41) is 8.59. The van der Waals surface area contributed by atoms with Crippen LogP contribution in [0.5, 0.6) is 0 Å². The lowest BCUT2D eigenvalue weighted by atomic mass is 10.0. The van der Waals surface area contributed by atoms with Crippen LogP contribution >= 0.6 is 23.8 Å². The average molecular weight is 288 g/mol. The number of hydrogen-bond donors (Lipinski definition) is 2. The van der Waals surface area contributed by atoms with Crippen LogP contribution < -0.4 is 10.7 Å². The van der Waals surface area contributed by atoms with E-state index in [0.29, 0.717) is 10.1 Å². The molecule has 19 heavy (non-hydrogen) atoms. The predicted molar refractivity (Wildman–Crippen MR) is 82.9 cm³/mol. The lowest BCUT2D eigenvalue weighted by molar-refractivity contribution is 1.05. The van der Waals surface area contributed by atoms with Crippen LogP contribution in [0.1, 0.15) is 11.1 Å². The first-order valence-electron chi connectivity index (χ1n) is 5.74. The molecule has 0 atom stereocenters. The maximum absolute atomic E-state index is 6.08. The lowest BCUT2D eigenvalue weighted by Crippen LogP contribution is -2.22. The van der Waals surface area contributed by atoms with Gasteiger partial charge < -0.3 is 5.32 Å². The van der Waals surface area contributed by atoms with Crippen molar-refractivity contribution in [3.8, 4) is 0 Å². The Morgan fingerprint density at radius 1 is 1.05 bits per heavy atom. The summed E-state index contributed by atoms with van der Waals surface area (Å²) in [6.07, 6.45) is 0. The zero-order valence-corrected chi connectivity index (χ0v) is 11.4. The van der Waals surface area contributed by atoms with Crippen LogP contribution in [0.2, 0.25) is 5.02 Å². The van der Waals surface area contributed by atoms with Crippen molar-refractivity contribution >= 4 is 40.3 Å². The summed E-state index contributed by atoms with van der Waals surface area (Å²) >= 11 is 11.2. The van der Waals surface area contributed by atoms with Crippen molar-refractivity contribution in [2.45, 2.75) is 0 Å². The smallest absolute Gasteiger partial charge is 0.191 e. The molecule has 0 amide bonds. The molecule has 0 saturated carbocycles. The van der Waals surface area contributed by atoms with Gasteiger partial charge in [0, 0.05) is 21.8 Å². The van der Waals surface area contributed by atoms with E-state index in [1.807, 2.05) is 48.5 Å². The maximum Gasteiger partial charge on any atom is 0.191 e. The summed E-state index contributed by atoms with van der Waals surface area (Å²) in [5.41, 5.74) is 6.45. The zero-order chi connectivity index (χ0) is 13.2. The summed E-state index contributed by atoms with van der Waals surface area (Å²) in [7, 11) is 0. The number of hydrogen-bond acceptors (Lipinski definition) is 2. The summed E-state index contributed by atoms with van der Waals surface area (Å²) in [6, 6.07) is 15.5. The monoisotopic (exact) mass is 287 g/mol. The van der Waals surface area contributed by atoms with Gasteiger partial charge in [-0.05, 0) is 30.4 Å². The Kier molecular flexibility index (Phi) is 3.19. The van der Waals surface area contributed by atoms with Crippen molar-refractivity contribution in [3.63, 3.8) is 0 Å². The molecule has 1 aliphatic rings. The molecule has 2 aromatic carbocycles.